The molecule has 138 valence electrons. The van der Waals surface area contributed by atoms with Crippen molar-refractivity contribution < 1.29 is 14.4 Å². The van der Waals surface area contributed by atoms with Crippen LogP contribution in [0.25, 0.3) is 0 Å². The Balaban J connectivity index is 2.05. The Hall–Kier alpha value is -2.88. The Morgan fingerprint density at radius 1 is 1.15 bits per heavy atom. The van der Waals surface area contributed by atoms with E-state index < -0.39 is 17.9 Å². The number of carbonyl (C=O) groups excluding carboxylic acids is 3. The van der Waals surface area contributed by atoms with Crippen molar-refractivity contribution >= 4 is 23.4 Å². The number of nitriles is 1. The molecule has 7 nitrogen and oxygen atoms in total. The van der Waals surface area contributed by atoms with E-state index >= 15 is 0 Å². The topological polar surface area (TPSA) is 102 Å². The van der Waals surface area contributed by atoms with Crippen molar-refractivity contribution in [3.05, 3.63) is 29.3 Å². The summed E-state index contributed by atoms with van der Waals surface area (Å²) in [5.41, 5.74) is 1.52. The fourth-order valence-corrected chi connectivity index (χ4v) is 2.86. The molecule has 26 heavy (non-hydrogen) atoms. The van der Waals surface area contributed by atoms with Crippen LogP contribution in [0, 0.1) is 24.2 Å². The molecule has 1 heterocycles. The monoisotopic (exact) mass is 356 g/mol. The minimum atomic E-state index is -0.863. The van der Waals surface area contributed by atoms with Crippen LogP contribution in [-0.2, 0) is 14.4 Å². The predicted molar refractivity (Wildman–Crippen MR) is 97.1 cm³/mol. The first-order valence-corrected chi connectivity index (χ1v) is 8.75. The van der Waals surface area contributed by atoms with Gasteiger partial charge in [-0.1, -0.05) is 19.9 Å². The molecule has 0 aliphatic carbocycles. The molecule has 1 aromatic rings. The second-order valence-corrected chi connectivity index (χ2v) is 6.82. The van der Waals surface area contributed by atoms with Crippen LogP contribution in [0.4, 0.5) is 5.69 Å². The molecule has 1 aliphatic rings. The third-order valence-corrected chi connectivity index (χ3v) is 4.46. The normalized spacial score (nSPS) is 14.7. The molecule has 0 saturated carbocycles. The molecule has 1 aromatic carbocycles. The number of rotatable bonds is 4. The van der Waals surface area contributed by atoms with Crippen LogP contribution < -0.4 is 10.6 Å². The lowest BCUT2D eigenvalue weighted by Crippen LogP contribution is -2.52. The maximum absolute atomic E-state index is 12.6. The number of hydrogen-bond donors (Lipinski definition) is 2. The number of carbonyl (C=O) groups is 3. The van der Waals surface area contributed by atoms with E-state index in [1.54, 1.807) is 24.0 Å². The highest BCUT2D eigenvalue weighted by atomic mass is 16.2. The molecule has 3 amide bonds. The third-order valence-electron chi connectivity index (χ3n) is 4.46. The lowest BCUT2D eigenvalue weighted by molar-refractivity contribution is -0.140. The van der Waals surface area contributed by atoms with Crippen LogP contribution in [0.3, 0.4) is 0 Å². The van der Waals surface area contributed by atoms with Crippen molar-refractivity contribution in [1.29, 1.82) is 5.26 Å². The van der Waals surface area contributed by atoms with E-state index in [-0.39, 0.29) is 11.8 Å². The van der Waals surface area contributed by atoms with Gasteiger partial charge in [0.05, 0.1) is 11.6 Å². The summed E-state index contributed by atoms with van der Waals surface area (Å²) in [4.78, 5) is 38.8. The lowest BCUT2D eigenvalue weighted by atomic mass is 10.0. The highest BCUT2D eigenvalue weighted by Crippen LogP contribution is 2.17. The smallest absolute Gasteiger partial charge is 0.313 e. The van der Waals surface area contributed by atoms with Gasteiger partial charge in [-0.15, -0.1) is 0 Å². The zero-order valence-electron chi connectivity index (χ0n) is 15.3. The number of likely N-dealkylation sites (tertiary alicyclic amines) is 1. The molecule has 0 bridgehead atoms. The van der Waals surface area contributed by atoms with Gasteiger partial charge in [-0.3, -0.25) is 14.4 Å². The summed E-state index contributed by atoms with van der Waals surface area (Å²) in [6.07, 6.45) is 1.92. The maximum Gasteiger partial charge on any atom is 0.313 e. The summed E-state index contributed by atoms with van der Waals surface area (Å²) in [5, 5.41) is 14.0. The number of anilines is 1. The van der Waals surface area contributed by atoms with Crippen LogP contribution in [-0.4, -0.2) is 41.8 Å². The van der Waals surface area contributed by atoms with E-state index in [0.29, 0.717) is 24.3 Å². The highest BCUT2D eigenvalue weighted by Gasteiger charge is 2.31. The zero-order valence-corrected chi connectivity index (χ0v) is 15.3. The second kappa shape index (κ2) is 8.48. The number of hydrogen-bond acceptors (Lipinski definition) is 4. The molecule has 2 N–H and O–H groups in total. The van der Waals surface area contributed by atoms with E-state index in [9.17, 15) is 14.4 Å². The number of nitrogens with zero attached hydrogens (tertiary/aromatic N) is 2. The van der Waals surface area contributed by atoms with Crippen molar-refractivity contribution in [3.63, 3.8) is 0 Å². The van der Waals surface area contributed by atoms with Crippen LogP contribution in [0.2, 0.25) is 0 Å². The second-order valence-electron chi connectivity index (χ2n) is 6.82. The Morgan fingerprint density at radius 2 is 1.81 bits per heavy atom. The maximum atomic E-state index is 12.6. The largest absolute Gasteiger partial charge is 0.341 e. The molecule has 0 radical (unpaired) electrons. The predicted octanol–water partition coefficient (Wildman–Crippen LogP) is 1.57. The Kier molecular flexibility index (Phi) is 6.34. The van der Waals surface area contributed by atoms with E-state index in [1.807, 2.05) is 19.9 Å². The average molecular weight is 356 g/mol. The van der Waals surface area contributed by atoms with Gasteiger partial charge >= 0.3 is 11.8 Å². The first-order valence-electron chi connectivity index (χ1n) is 8.75. The first kappa shape index (κ1) is 19.4. The van der Waals surface area contributed by atoms with Crippen molar-refractivity contribution in [2.45, 2.75) is 39.7 Å². The number of aryl methyl sites for hydroxylation is 1. The minimum absolute atomic E-state index is 0.136. The molecule has 0 aromatic heterocycles. The summed E-state index contributed by atoms with van der Waals surface area (Å²) in [6, 6.07) is 6.09. The van der Waals surface area contributed by atoms with Crippen LogP contribution in [0.15, 0.2) is 18.2 Å². The zero-order chi connectivity index (χ0) is 19.3. The van der Waals surface area contributed by atoms with E-state index in [1.165, 1.54) is 6.07 Å². The summed E-state index contributed by atoms with van der Waals surface area (Å²) >= 11 is 0. The van der Waals surface area contributed by atoms with Crippen molar-refractivity contribution in [1.82, 2.24) is 10.2 Å². The number of benzene rings is 1. The lowest BCUT2D eigenvalue weighted by Gasteiger charge is -2.26. The quantitative estimate of drug-likeness (QED) is 0.799. The molecule has 1 fully saturated rings. The molecule has 1 saturated heterocycles. The summed E-state index contributed by atoms with van der Waals surface area (Å²) in [7, 11) is 0. The summed E-state index contributed by atoms with van der Waals surface area (Å²) < 4.78 is 0. The van der Waals surface area contributed by atoms with Crippen molar-refractivity contribution in [3.8, 4) is 6.07 Å². The van der Waals surface area contributed by atoms with Gasteiger partial charge < -0.3 is 15.5 Å². The Morgan fingerprint density at radius 3 is 2.38 bits per heavy atom. The average Bonchev–Trinajstić information content (AvgIpc) is 3.15. The fourth-order valence-electron chi connectivity index (χ4n) is 2.86. The fraction of sp³-hybridized carbons (Fsp3) is 0.474. The highest BCUT2D eigenvalue weighted by molar-refractivity contribution is 6.40. The first-order chi connectivity index (χ1) is 12.3. The van der Waals surface area contributed by atoms with Crippen molar-refractivity contribution in [2.24, 2.45) is 5.92 Å². The van der Waals surface area contributed by atoms with E-state index in [0.717, 1.165) is 18.4 Å². The van der Waals surface area contributed by atoms with Gasteiger partial charge in [-0.05, 0) is 43.4 Å². The van der Waals surface area contributed by atoms with Gasteiger partial charge in [-0.25, -0.2) is 0 Å². The van der Waals surface area contributed by atoms with Gasteiger partial charge in [0.25, 0.3) is 0 Å². The Labute approximate surface area is 153 Å². The SMILES string of the molecule is Cc1ccc(C#N)cc1NC(=O)C(=O)N[C@H](C(=O)N1CCCC1)C(C)C. The number of nitrogens with one attached hydrogen (secondary N) is 2. The third kappa shape index (κ3) is 4.60. The van der Waals surface area contributed by atoms with E-state index in [2.05, 4.69) is 10.6 Å². The molecule has 1 atom stereocenters. The van der Waals surface area contributed by atoms with Crippen molar-refractivity contribution in [2.75, 3.05) is 18.4 Å². The molecular formula is C19H24N4O3. The van der Waals surface area contributed by atoms with Gasteiger partial charge in [0.1, 0.15) is 6.04 Å². The van der Waals surface area contributed by atoms with Gasteiger partial charge in [0.15, 0.2) is 0 Å². The molecule has 1 aliphatic heterocycles. The van der Waals surface area contributed by atoms with E-state index in [4.69, 9.17) is 5.26 Å². The molecular weight excluding hydrogens is 332 g/mol. The van der Waals surface area contributed by atoms with Crippen LogP contribution in [0.5, 0.6) is 0 Å². The standard InChI is InChI=1S/C19H24N4O3/c1-12(2)16(19(26)23-8-4-5-9-23)22-18(25)17(24)21-15-10-14(11-20)7-6-13(15)3/h6-7,10,12,16H,4-5,8-9H2,1-3H3,(H,21,24)(H,22,25)/t16-/m0/s1. The van der Waals surface area contributed by atoms with Gasteiger partial charge in [0, 0.05) is 18.8 Å². The van der Waals surface area contributed by atoms with Crippen LogP contribution in [0.1, 0.15) is 37.8 Å². The summed E-state index contributed by atoms with van der Waals surface area (Å²) in [6.45, 7) is 6.80. The number of amides is 3. The minimum Gasteiger partial charge on any atom is -0.341 e. The Bertz CT molecular complexity index is 746. The van der Waals surface area contributed by atoms with Gasteiger partial charge in [0.2, 0.25) is 5.91 Å². The van der Waals surface area contributed by atoms with Gasteiger partial charge in [-0.2, -0.15) is 5.26 Å². The van der Waals surface area contributed by atoms with Crippen LogP contribution >= 0.6 is 0 Å². The summed E-state index contributed by atoms with van der Waals surface area (Å²) in [5.74, 6) is -2.01. The molecule has 0 unspecified atom stereocenters. The molecule has 7 heteroatoms. The molecule has 0 spiro atoms. The molecule has 2 rings (SSSR count).